The van der Waals surface area contributed by atoms with Gasteiger partial charge in [-0.15, -0.1) is 0 Å². The van der Waals surface area contributed by atoms with Crippen molar-refractivity contribution >= 4 is 11.8 Å². The second-order valence-corrected chi connectivity index (χ2v) is 4.21. The Balaban J connectivity index is 2.21. The van der Waals surface area contributed by atoms with Crippen LogP contribution in [0.15, 0.2) is 12.3 Å². The van der Waals surface area contributed by atoms with Gasteiger partial charge in [0, 0.05) is 6.20 Å². The molecule has 5 nitrogen and oxygen atoms in total. The standard InChI is InChI=1S/C11H15N3O2/c1-8-12-7-4-9(13-8)14-11(10(15)16)5-2-3-6-11/h4,7H,2-3,5-6H2,1H3,(H,15,16)(H,12,13,14). The van der Waals surface area contributed by atoms with Gasteiger partial charge in [0.1, 0.15) is 17.2 Å². The minimum atomic E-state index is -0.833. The van der Waals surface area contributed by atoms with Crippen LogP contribution in [0.2, 0.25) is 0 Å². The van der Waals surface area contributed by atoms with Crippen LogP contribution in [0, 0.1) is 6.92 Å². The van der Waals surface area contributed by atoms with Crippen LogP contribution in [-0.4, -0.2) is 26.6 Å². The molecule has 0 bridgehead atoms. The molecule has 0 amide bonds. The number of anilines is 1. The highest BCUT2D eigenvalue weighted by molar-refractivity contribution is 5.82. The zero-order valence-corrected chi connectivity index (χ0v) is 9.23. The van der Waals surface area contributed by atoms with E-state index in [-0.39, 0.29) is 0 Å². The van der Waals surface area contributed by atoms with E-state index in [1.54, 1.807) is 19.2 Å². The number of aliphatic carboxylic acids is 1. The van der Waals surface area contributed by atoms with Crippen molar-refractivity contribution in [2.24, 2.45) is 0 Å². The third kappa shape index (κ3) is 1.98. The van der Waals surface area contributed by atoms with Crippen molar-refractivity contribution in [2.45, 2.75) is 38.1 Å². The van der Waals surface area contributed by atoms with Crippen molar-refractivity contribution in [1.29, 1.82) is 0 Å². The van der Waals surface area contributed by atoms with Crippen molar-refractivity contribution in [3.05, 3.63) is 18.1 Å². The summed E-state index contributed by atoms with van der Waals surface area (Å²) in [4.78, 5) is 19.5. The zero-order valence-electron chi connectivity index (χ0n) is 9.23. The topological polar surface area (TPSA) is 75.1 Å². The molecule has 16 heavy (non-hydrogen) atoms. The lowest BCUT2D eigenvalue weighted by Gasteiger charge is -2.25. The van der Waals surface area contributed by atoms with Crippen LogP contribution in [0.25, 0.3) is 0 Å². The van der Waals surface area contributed by atoms with E-state index in [0.29, 0.717) is 24.5 Å². The highest BCUT2D eigenvalue weighted by Crippen LogP contribution is 2.32. The lowest BCUT2D eigenvalue weighted by Crippen LogP contribution is -2.43. The van der Waals surface area contributed by atoms with E-state index in [9.17, 15) is 9.90 Å². The molecule has 0 spiro atoms. The Morgan fingerprint density at radius 2 is 2.19 bits per heavy atom. The van der Waals surface area contributed by atoms with E-state index in [4.69, 9.17) is 0 Å². The second kappa shape index (κ2) is 4.08. The molecule has 1 aromatic heterocycles. The van der Waals surface area contributed by atoms with Crippen molar-refractivity contribution in [2.75, 3.05) is 5.32 Å². The lowest BCUT2D eigenvalue weighted by molar-refractivity contribution is -0.142. The number of carboxylic acids is 1. The van der Waals surface area contributed by atoms with Gasteiger partial charge in [0.2, 0.25) is 0 Å². The van der Waals surface area contributed by atoms with Gasteiger partial charge in [-0.25, -0.2) is 14.8 Å². The van der Waals surface area contributed by atoms with Crippen LogP contribution in [-0.2, 0) is 4.79 Å². The molecule has 5 heteroatoms. The SMILES string of the molecule is Cc1nccc(NC2(C(=O)O)CCCC2)n1. The van der Waals surface area contributed by atoms with Gasteiger partial charge in [-0.05, 0) is 25.8 Å². The van der Waals surface area contributed by atoms with Crippen LogP contribution in [0.3, 0.4) is 0 Å². The monoisotopic (exact) mass is 221 g/mol. The zero-order chi connectivity index (χ0) is 11.6. The van der Waals surface area contributed by atoms with Gasteiger partial charge in [0.05, 0.1) is 0 Å². The fourth-order valence-corrected chi connectivity index (χ4v) is 2.14. The maximum Gasteiger partial charge on any atom is 0.329 e. The number of aryl methyl sites for hydroxylation is 1. The summed E-state index contributed by atoms with van der Waals surface area (Å²) in [5, 5.41) is 12.3. The van der Waals surface area contributed by atoms with Crippen LogP contribution < -0.4 is 5.32 Å². The van der Waals surface area contributed by atoms with Crippen molar-refractivity contribution in [3.63, 3.8) is 0 Å². The number of nitrogens with one attached hydrogen (secondary N) is 1. The van der Waals surface area contributed by atoms with E-state index < -0.39 is 11.5 Å². The van der Waals surface area contributed by atoms with Gasteiger partial charge in [0.15, 0.2) is 0 Å². The number of aromatic nitrogens is 2. The Morgan fingerprint density at radius 3 is 2.75 bits per heavy atom. The molecule has 0 saturated heterocycles. The average molecular weight is 221 g/mol. The third-order valence-electron chi connectivity index (χ3n) is 3.01. The summed E-state index contributed by atoms with van der Waals surface area (Å²) in [6.45, 7) is 1.78. The molecule has 86 valence electrons. The van der Waals surface area contributed by atoms with Gasteiger partial charge >= 0.3 is 5.97 Å². The van der Waals surface area contributed by atoms with E-state index in [0.717, 1.165) is 12.8 Å². The van der Waals surface area contributed by atoms with Gasteiger partial charge in [0.25, 0.3) is 0 Å². The lowest BCUT2D eigenvalue weighted by atomic mass is 9.98. The van der Waals surface area contributed by atoms with Crippen LogP contribution in [0.5, 0.6) is 0 Å². The first-order valence-corrected chi connectivity index (χ1v) is 5.44. The van der Waals surface area contributed by atoms with Crippen molar-refractivity contribution < 1.29 is 9.90 Å². The molecule has 1 saturated carbocycles. The van der Waals surface area contributed by atoms with E-state index in [1.807, 2.05) is 0 Å². The molecule has 1 aliphatic carbocycles. The van der Waals surface area contributed by atoms with Gasteiger partial charge < -0.3 is 10.4 Å². The number of rotatable bonds is 3. The molecule has 2 N–H and O–H groups in total. The van der Waals surface area contributed by atoms with Crippen molar-refractivity contribution in [3.8, 4) is 0 Å². The molecule has 0 unspecified atom stereocenters. The molecule has 1 aliphatic rings. The van der Waals surface area contributed by atoms with Crippen LogP contribution in [0.4, 0.5) is 5.82 Å². The molecular weight excluding hydrogens is 206 g/mol. The summed E-state index contributed by atoms with van der Waals surface area (Å²) in [5.74, 6) is 0.446. The summed E-state index contributed by atoms with van der Waals surface area (Å²) in [5.41, 5.74) is -0.833. The average Bonchev–Trinajstić information content (AvgIpc) is 2.67. The molecule has 1 heterocycles. The second-order valence-electron chi connectivity index (χ2n) is 4.21. The Bertz CT molecular complexity index is 400. The first-order valence-electron chi connectivity index (χ1n) is 5.44. The van der Waals surface area contributed by atoms with Crippen LogP contribution >= 0.6 is 0 Å². The molecule has 0 radical (unpaired) electrons. The highest BCUT2D eigenvalue weighted by Gasteiger charge is 2.41. The fraction of sp³-hybridized carbons (Fsp3) is 0.545. The number of carboxylic acid groups (broad SMARTS) is 1. The fourth-order valence-electron chi connectivity index (χ4n) is 2.14. The number of hydrogen-bond donors (Lipinski definition) is 2. The largest absolute Gasteiger partial charge is 0.480 e. The quantitative estimate of drug-likeness (QED) is 0.810. The summed E-state index contributed by atoms with van der Waals surface area (Å²) in [7, 11) is 0. The molecule has 0 aromatic carbocycles. The molecular formula is C11H15N3O2. The highest BCUT2D eigenvalue weighted by atomic mass is 16.4. The smallest absolute Gasteiger partial charge is 0.329 e. The Morgan fingerprint density at radius 1 is 1.50 bits per heavy atom. The summed E-state index contributed by atoms with van der Waals surface area (Å²) in [6, 6.07) is 1.70. The summed E-state index contributed by atoms with van der Waals surface area (Å²) < 4.78 is 0. The molecule has 0 atom stereocenters. The van der Waals surface area contributed by atoms with E-state index in [1.165, 1.54) is 0 Å². The van der Waals surface area contributed by atoms with Gasteiger partial charge in [-0.3, -0.25) is 0 Å². The first kappa shape index (κ1) is 10.9. The predicted octanol–water partition coefficient (Wildman–Crippen LogP) is 1.59. The Hall–Kier alpha value is -1.65. The third-order valence-corrected chi connectivity index (χ3v) is 3.01. The van der Waals surface area contributed by atoms with E-state index >= 15 is 0 Å². The molecule has 0 aliphatic heterocycles. The van der Waals surface area contributed by atoms with E-state index in [2.05, 4.69) is 15.3 Å². The Labute approximate surface area is 93.9 Å². The number of carbonyl (C=O) groups is 1. The first-order chi connectivity index (χ1) is 7.62. The minimum Gasteiger partial charge on any atom is -0.480 e. The molecule has 1 aromatic rings. The summed E-state index contributed by atoms with van der Waals surface area (Å²) in [6.07, 6.45) is 4.85. The maximum absolute atomic E-state index is 11.3. The normalized spacial score (nSPS) is 18.3. The maximum atomic E-state index is 11.3. The Kier molecular flexibility index (Phi) is 2.77. The number of hydrogen-bond acceptors (Lipinski definition) is 4. The van der Waals surface area contributed by atoms with Crippen LogP contribution in [0.1, 0.15) is 31.5 Å². The van der Waals surface area contributed by atoms with Gasteiger partial charge in [-0.2, -0.15) is 0 Å². The molecule has 1 fully saturated rings. The predicted molar refractivity (Wildman–Crippen MR) is 59.2 cm³/mol. The molecule has 2 rings (SSSR count). The minimum absolute atomic E-state index is 0.594. The number of nitrogens with zero attached hydrogens (tertiary/aromatic N) is 2. The summed E-state index contributed by atoms with van der Waals surface area (Å²) >= 11 is 0. The van der Waals surface area contributed by atoms with Gasteiger partial charge in [-0.1, -0.05) is 12.8 Å². The van der Waals surface area contributed by atoms with Crippen molar-refractivity contribution in [1.82, 2.24) is 9.97 Å².